The lowest BCUT2D eigenvalue weighted by molar-refractivity contribution is 0.0731. The van der Waals surface area contributed by atoms with Gasteiger partial charge in [0.2, 0.25) is 0 Å². The van der Waals surface area contributed by atoms with E-state index >= 15 is 0 Å². The van der Waals surface area contributed by atoms with Gasteiger partial charge in [0.05, 0.1) is 17.2 Å². The number of anilines is 1. The lowest BCUT2D eigenvalue weighted by atomic mass is 10.2. The number of aliphatic hydroxyl groups excluding tert-OH is 1. The zero-order valence-corrected chi connectivity index (χ0v) is 12.1. The van der Waals surface area contributed by atoms with Gasteiger partial charge >= 0.3 is 0 Å². The molecule has 0 aliphatic carbocycles. The molecule has 0 saturated carbocycles. The minimum Gasteiger partial charge on any atom is -0.395 e. The topological polar surface area (TPSA) is 65.5 Å². The normalized spacial score (nSPS) is 10.3. The highest BCUT2D eigenvalue weighted by Gasteiger charge is 2.15. The summed E-state index contributed by atoms with van der Waals surface area (Å²) >= 11 is 6.09. The summed E-state index contributed by atoms with van der Waals surface area (Å²) < 4.78 is 0. The predicted octanol–water partition coefficient (Wildman–Crippen LogP) is 2.01. The number of aromatic nitrogens is 1. The molecular weight excluding hydrogens is 266 g/mol. The van der Waals surface area contributed by atoms with Crippen LogP contribution in [0.4, 0.5) is 5.82 Å². The molecule has 1 aromatic heterocycles. The van der Waals surface area contributed by atoms with Gasteiger partial charge in [0.1, 0.15) is 5.82 Å². The molecule has 19 heavy (non-hydrogen) atoms. The number of aliphatic hydroxyl groups is 1. The molecule has 1 rings (SSSR count). The van der Waals surface area contributed by atoms with Crippen molar-refractivity contribution in [1.82, 2.24) is 9.88 Å². The van der Waals surface area contributed by atoms with Gasteiger partial charge in [0.25, 0.3) is 5.91 Å². The first-order chi connectivity index (χ1) is 9.13. The Morgan fingerprint density at radius 1 is 1.53 bits per heavy atom. The fraction of sp³-hybridized carbons (Fsp3) is 0.538. The maximum atomic E-state index is 12.1. The number of carbonyl (C=O) groups excluding carboxylic acids is 1. The number of rotatable bonds is 7. The van der Waals surface area contributed by atoms with Crippen molar-refractivity contribution >= 4 is 23.3 Å². The summed E-state index contributed by atoms with van der Waals surface area (Å²) in [5.41, 5.74) is 0.433. The van der Waals surface area contributed by atoms with E-state index in [2.05, 4.69) is 10.3 Å². The van der Waals surface area contributed by atoms with Crippen LogP contribution in [0.1, 0.15) is 30.6 Å². The molecule has 2 N–H and O–H groups in total. The summed E-state index contributed by atoms with van der Waals surface area (Å²) in [7, 11) is 0. The van der Waals surface area contributed by atoms with Crippen molar-refractivity contribution in [1.29, 1.82) is 0 Å². The van der Waals surface area contributed by atoms with Crippen molar-refractivity contribution in [3.8, 4) is 0 Å². The fourth-order valence-electron chi connectivity index (χ4n) is 1.63. The third-order valence-electron chi connectivity index (χ3n) is 2.67. The van der Waals surface area contributed by atoms with Crippen molar-refractivity contribution in [3.05, 3.63) is 22.8 Å². The summed E-state index contributed by atoms with van der Waals surface area (Å²) in [4.78, 5) is 17.8. The van der Waals surface area contributed by atoms with Crippen LogP contribution in [0, 0.1) is 0 Å². The van der Waals surface area contributed by atoms with Crippen LogP contribution >= 0.6 is 11.6 Å². The fourth-order valence-corrected chi connectivity index (χ4v) is 1.87. The zero-order valence-electron chi connectivity index (χ0n) is 11.3. The van der Waals surface area contributed by atoms with Crippen LogP contribution in [-0.2, 0) is 0 Å². The summed E-state index contributed by atoms with van der Waals surface area (Å²) in [5.74, 6) is 0.415. The minimum atomic E-state index is -0.173. The Morgan fingerprint density at radius 2 is 2.26 bits per heavy atom. The van der Waals surface area contributed by atoms with Gasteiger partial charge in [-0.25, -0.2) is 4.98 Å². The van der Waals surface area contributed by atoms with Gasteiger partial charge < -0.3 is 15.3 Å². The number of likely N-dealkylation sites (N-methyl/N-ethyl adjacent to an activating group) is 1. The van der Waals surface area contributed by atoms with E-state index in [1.165, 1.54) is 6.20 Å². The van der Waals surface area contributed by atoms with E-state index in [1.807, 2.05) is 13.8 Å². The Labute approximate surface area is 118 Å². The Balaban J connectivity index is 2.84. The number of nitrogens with zero attached hydrogens (tertiary/aromatic N) is 2. The molecule has 1 aromatic rings. The number of hydrogen-bond donors (Lipinski definition) is 2. The van der Waals surface area contributed by atoms with Crippen LogP contribution < -0.4 is 5.32 Å². The van der Waals surface area contributed by atoms with Crippen molar-refractivity contribution in [2.24, 2.45) is 0 Å². The smallest absolute Gasteiger partial charge is 0.255 e. The SMILES string of the molecule is CCCNc1ncc(C(=O)N(CC)CCO)cc1Cl. The van der Waals surface area contributed by atoms with Crippen molar-refractivity contribution in [2.75, 3.05) is 31.6 Å². The lowest BCUT2D eigenvalue weighted by Crippen LogP contribution is -2.33. The van der Waals surface area contributed by atoms with E-state index in [1.54, 1.807) is 11.0 Å². The second-order valence-corrected chi connectivity index (χ2v) is 4.50. The maximum Gasteiger partial charge on any atom is 0.255 e. The molecule has 6 heteroatoms. The third kappa shape index (κ3) is 4.36. The Morgan fingerprint density at radius 3 is 2.79 bits per heavy atom. The van der Waals surface area contributed by atoms with E-state index in [-0.39, 0.29) is 12.5 Å². The molecule has 5 nitrogen and oxygen atoms in total. The first-order valence-corrected chi connectivity index (χ1v) is 6.81. The van der Waals surface area contributed by atoms with Gasteiger partial charge in [-0.3, -0.25) is 4.79 Å². The van der Waals surface area contributed by atoms with E-state index in [4.69, 9.17) is 16.7 Å². The van der Waals surface area contributed by atoms with Crippen LogP contribution in [0.25, 0.3) is 0 Å². The molecule has 0 saturated heterocycles. The number of nitrogens with one attached hydrogen (secondary N) is 1. The highest BCUT2D eigenvalue weighted by Crippen LogP contribution is 2.20. The number of pyridine rings is 1. The lowest BCUT2D eigenvalue weighted by Gasteiger charge is -2.19. The van der Waals surface area contributed by atoms with Crippen LogP contribution in [0.5, 0.6) is 0 Å². The van der Waals surface area contributed by atoms with Crippen LogP contribution in [0.15, 0.2) is 12.3 Å². The Hall–Kier alpha value is -1.33. The molecule has 0 spiro atoms. The Kier molecular flexibility index (Phi) is 6.59. The summed E-state index contributed by atoms with van der Waals surface area (Å²) in [6.45, 7) is 5.48. The monoisotopic (exact) mass is 285 g/mol. The largest absolute Gasteiger partial charge is 0.395 e. The first-order valence-electron chi connectivity index (χ1n) is 6.43. The number of halogens is 1. The molecule has 1 heterocycles. The average Bonchev–Trinajstić information content (AvgIpc) is 2.42. The van der Waals surface area contributed by atoms with Gasteiger partial charge in [0.15, 0.2) is 0 Å². The van der Waals surface area contributed by atoms with E-state index in [0.717, 1.165) is 13.0 Å². The molecule has 106 valence electrons. The molecule has 0 fully saturated rings. The van der Waals surface area contributed by atoms with Crippen LogP contribution in [0.2, 0.25) is 5.02 Å². The van der Waals surface area contributed by atoms with Gasteiger partial charge in [-0.05, 0) is 19.4 Å². The third-order valence-corrected chi connectivity index (χ3v) is 2.96. The van der Waals surface area contributed by atoms with Crippen molar-refractivity contribution in [2.45, 2.75) is 20.3 Å². The molecule has 1 amide bonds. The Bertz CT molecular complexity index is 426. The predicted molar refractivity (Wildman–Crippen MR) is 76.7 cm³/mol. The van der Waals surface area contributed by atoms with Crippen LogP contribution in [0.3, 0.4) is 0 Å². The summed E-state index contributed by atoms with van der Waals surface area (Å²) in [5, 5.41) is 12.4. The highest BCUT2D eigenvalue weighted by atomic mass is 35.5. The molecular formula is C13H20ClN3O2. The number of amides is 1. The first kappa shape index (κ1) is 15.7. The van der Waals surface area contributed by atoms with E-state index < -0.39 is 0 Å². The number of carbonyl (C=O) groups is 1. The molecule has 0 aliphatic rings. The number of hydrogen-bond acceptors (Lipinski definition) is 4. The quantitative estimate of drug-likeness (QED) is 0.804. The summed E-state index contributed by atoms with van der Waals surface area (Å²) in [6.07, 6.45) is 2.48. The van der Waals surface area contributed by atoms with E-state index in [9.17, 15) is 4.79 Å². The minimum absolute atomic E-state index is 0.0587. The average molecular weight is 286 g/mol. The maximum absolute atomic E-state index is 12.1. The standard InChI is InChI=1S/C13H20ClN3O2/c1-3-5-15-12-11(14)8-10(9-16-12)13(19)17(4-2)6-7-18/h8-9,18H,3-7H2,1-2H3,(H,15,16). The second kappa shape index (κ2) is 7.96. The van der Waals surface area contributed by atoms with Crippen LogP contribution in [-0.4, -0.2) is 47.1 Å². The zero-order chi connectivity index (χ0) is 14.3. The molecule has 0 atom stereocenters. The molecule has 0 aliphatic heterocycles. The van der Waals surface area contributed by atoms with Gasteiger partial charge in [0, 0.05) is 25.8 Å². The van der Waals surface area contributed by atoms with Gasteiger partial charge in [-0.15, -0.1) is 0 Å². The second-order valence-electron chi connectivity index (χ2n) is 4.09. The molecule has 0 aromatic carbocycles. The van der Waals surface area contributed by atoms with E-state index in [0.29, 0.717) is 29.5 Å². The summed E-state index contributed by atoms with van der Waals surface area (Å²) in [6, 6.07) is 1.61. The van der Waals surface area contributed by atoms with Crippen molar-refractivity contribution in [3.63, 3.8) is 0 Å². The van der Waals surface area contributed by atoms with Crippen molar-refractivity contribution < 1.29 is 9.90 Å². The van der Waals surface area contributed by atoms with Gasteiger partial charge in [-0.2, -0.15) is 0 Å². The molecule has 0 unspecified atom stereocenters. The molecule has 0 radical (unpaired) electrons. The van der Waals surface area contributed by atoms with Gasteiger partial charge in [-0.1, -0.05) is 18.5 Å². The molecule has 0 bridgehead atoms. The highest BCUT2D eigenvalue weighted by molar-refractivity contribution is 6.33.